The molecule has 2 rings (SSSR count). The average Bonchev–Trinajstić information content (AvgIpc) is 2.78. The van der Waals surface area contributed by atoms with Gasteiger partial charge in [0.15, 0.2) is 5.78 Å². The van der Waals surface area contributed by atoms with Crippen LogP contribution in [0.1, 0.15) is 17.3 Å². The van der Waals surface area contributed by atoms with E-state index in [-0.39, 0.29) is 5.78 Å². The van der Waals surface area contributed by atoms with Crippen molar-refractivity contribution >= 4 is 16.7 Å². The normalized spacial score (nSPS) is 10.7. The fourth-order valence-electron chi connectivity index (χ4n) is 1.80. The van der Waals surface area contributed by atoms with Gasteiger partial charge in [-0.2, -0.15) is 0 Å². The molecular formula is C13H16N2O2. The first-order valence-electron chi connectivity index (χ1n) is 5.65. The van der Waals surface area contributed by atoms with Crippen LogP contribution < -0.4 is 10.1 Å². The summed E-state index contributed by atoms with van der Waals surface area (Å²) in [5.74, 6) is 0.883. The Bertz CT molecular complexity index is 531. The number of methoxy groups -OCH3 is 1. The molecule has 0 aliphatic carbocycles. The number of likely N-dealkylation sites (N-methyl/N-ethyl adjacent to an activating group) is 1. The van der Waals surface area contributed by atoms with Gasteiger partial charge in [0.2, 0.25) is 0 Å². The van der Waals surface area contributed by atoms with Crippen LogP contribution in [-0.4, -0.2) is 31.0 Å². The van der Waals surface area contributed by atoms with Crippen molar-refractivity contribution in [2.75, 3.05) is 20.2 Å². The van der Waals surface area contributed by atoms with E-state index in [1.54, 1.807) is 13.3 Å². The van der Waals surface area contributed by atoms with Gasteiger partial charge < -0.3 is 15.0 Å². The number of aromatic amines is 1. The fraction of sp³-hybridized carbons (Fsp3) is 0.308. The van der Waals surface area contributed by atoms with Crippen molar-refractivity contribution in [3.63, 3.8) is 0 Å². The molecule has 0 unspecified atom stereocenters. The minimum atomic E-state index is 0.100. The van der Waals surface area contributed by atoms with Crippen LogP contribution in [0.4, 0.5) is 0 Å². The summed E-state index contributed by atoms with van der Waals surface area (Å²) in [6, 6.07) is 5.66. The summed E-state index contributed by atoms with van der Waals surface area (Å²) in [5.41, 5.74) is 1.65. The molecule has 0 fully saturated rings. The Morgan fingerprint density at radius 1 is 1.47 bits per heavy atom. The Hall–Kier alpha value is -1.81. The van der Waals surface area contributed by atoms with Crippen molar-refractivity contribution in [3.05, 3.63) is 30.0 Å². The van der Waals surface area contributed by atoms with Gasteiger partial charge in [-0.3, -0.25) is 4.79 Å². The van der Waals surface area contributed by atoms with E-state index in [2.05, 4.69) is 10.3 Å². The van der Waals surface area contributed by atoms with Crippen molar-refractivity contribution in [3.8, 4) is 5.75 Å². The molecule has 0 radical (unpaired) electrons. The van der Waals surface area contributed by atoms with Crippen LogP contribution in [0.15, 0.2) is 24.4 Å². The van der Waals surface area contributed by atoms with Gasteiger partial charge in [0.25, 0.3) is 0 Å². The average molecular weight is 232 g/mol. The van der Waals surface area contributed by atoms with Crippen LogP contribution in [0.2, 0.25) is 0 Å². The highest BCUT2D eigenvalue weighted by Gasteiger charge is 2.11. The molecule has 4 heteroatoms. The number of Topliss-reactive ketones (excluding diaryl/α,β-unsaturated/α-hetero) is 1. The molecular weight excluding hydrogens is 216 g/mol. The third-order valence-electron chi connectivity index (χ3n) is 2.72. The summed E-state index contributed by atoms with van der Waals surface area (Å²) in [7, 11) is 1.63. The number of fused-ring (bicyclic) bond motifs is 1. The molecule has 1 heterocycles. The van der Waals surface area contributed by atoms with E-state index in [0.29, 0.717) is 6.54 Å². The first kappa shape index (κ1) is 11.7. The molecule has 0 atom stereocenters. The second-order valence-electron chi connectivity index (χ2n) is 3.82. The molecule has 0 aliphatic rings. The lowest BCUT2D eigenvalue weighted by atomic mass is 10.1. The molecule has 1 aromatic carbocycles. The second kappa shape index (κ2) is 5.01. The summed E-state index contributed by atoms with van der Waals surface area (Å²) in [4.78, 5) is 15.0. The number of hydrogen-bond acceptors (Lipinski definition) is 3. The summed E-state index contributed by atoms with van der Waals surface area (Å²) < 4.78 is 5.14. The number of hydrogen-bond donors (Lipinski definition) is 2. The maximum absolute atomic E-state index is 11.9. The molecule has 4 nitrogen and oxygen atoms in total. The smallest absolute Gasteiger partial charge is 0.178 e. The van der Waals surface area contributed by atoms with Gasteiger partial charge in [-0.25, -0.2) is 0 Å². The van der Waals surface area contributed by atoms with E-state index >= 15 is 0 Å². The number of aromatic nitrogens is 1. The molecule has 2 aromatic rings. The van der Waals surface area contributed by atoms with Gasteiger partial charge in [0, 0.05) is 28.7 Å². The number of carbonyl (C=O) groups excluding carboxylic acids is 1. The Labute approximate surface area is 100.0 Å². The molecule has 1 aromatic heterocycles. The molecule has 17 heavy (non-hydrogen) atoms. The van der Waals surface area contributed by atoms with E-state index in [1.165, 1.54) is 0 Å². The number of benzene rings is 1. The number of carbonyl (C=O) groups is 1. The predicted molar refractivity (Wildman–Crippen MR) is 67.7 cm³/mol. The van der Waals surface area contributed by atoms with E-state index < -0.39 is 0 Å². The van der Waals surface area contributed by atoms with Crippen molar-refractivity contribution in [1.29, 1.82) is 0 Å². The topological polar surface area (TPSA) is 54.1 Å². The van der Waals surface area contributed by atoms with Gasteiger partial charge in [-0.1, -0.05) is 6.92 Å². The summed E-state index contributed by atoms with van der Waals surface area (Å²) in [6.07, 6.45) is 1.75. The predicted octanol–water partition coefficient (Wildman–Crippen LogP) is 1.97. The van der Waals surface area contributed by atoms with E-state index in [0.717, 1.165) is 28.8 Å². The number of ether oxygens (including phenoxy) is 1. The molecule has 0 saturated carbocycles. The summed E-state index contributed by atoms with van der Waals surface area (Å²) in [6.45, 7) is 3.14. The Morgan fingerprint density at radius 3 is 3.00 bits per heavy atom. The van der Waals surface area contributed by atoms with E-state index in [9.17, 15) is 4.79 Å². The fourth-order valence-corrected chi connectivity index (χ4v) is 1.80. The lowest BCUT2D eigenvalue weighted by molar-refractivity contribution is 0.0993. The van der Waals surface area contributed by atoms with Crippen LogP contribution in [-0.2, 0) is 0 Å². The first-order valence-corrected chi connectivity index (χ1v) is 5.65. The number of H-pyrrole nitrogens is 1. The zero-order valence-electron chi connectivity index (χ0n) is 10.0. The minimum Gasteiger partial charge on any atom is -0.497 e. The van der Waals surface area contributed by atoms with Crippen LogP contribution >= 0.6 is 0 Å². The standard InChI is InChI=1S/C13H16N2O2/c1-3-14-8-13(16)11-7-15-12-6-9(17-2)4-5-10(11)12/h4-7,14-15H,3,8H2,1-2H3. The molecule has 90 valence electrons. The van der Waals surface area contributed by atoms with Crippen molar-refractivity contribution in [2.45, 2.75) is 6.92 Å². The maximum atomic E-state index is 11.9. The van der Waals surface area contributed by atoms with Gasteiger partial charge >= 0.3 is 0 Å². The van der Waals surface area contributed by atoms with Crippen LogP contribution in [0.25, 0.3) is 10.9 Å². The zero-order chi connectivity index (χ0) is 12.3. The Balaban J connectivity index is 2.33. The van der Waals surface area contributed by atoms with Crippen molar-refractivity contribution < 1.29 is 9.53 Å². The number of rotatable bonds is 5. The number of ketones is 1. The highest BCUT2D eigenvalue weighted by molar-refractivity contribution is 6.08. The largest absolute Gasteiger partial charge is 0.497 e. The highest BCUT2D eigenvalue weighted by atomic mass is 16.5. The number of nitrogens with one attached hydrogen (secondary N) is 2. The van der Waals surface area contributed by atoms with Gasteiger partial charge in [-0.05, 0) is 18.7 Å². The molecule has 0 bridgehead atoms. The van der Waals surface area contributed by atoms with Crippen LogP contribution in [0.5, 0.6) is 5.75 Å². The highest BCUT2D eigenvalue weighted by Crippen LogP contribution is 2.23. The van der Waals surface area contributed by atoms with E-state index in [1.807, 2.05) is 25.1 Å². The molecule has 0 amide bonds. The Kier molecular flexibility index (Phi) is 3.44. The minimum absolute atomic E-state index is 0.100. The SMILES string of the molecule is CCNCC(=O)c1c[nH]c2cc(OC)ccc12. The molecule has 2 N–H and O–H groups in total. The lowest BCUT2D eigenvalue weighted by Crippen LogP contribution is -2.22. The van der Waals surface area contributed by atoms with E-state index in [4.69, 9.17) is 4.74 Å². The van der Waals surface area contributed by atoms with Gasteiger partial charge in [0.05, 0.1) is 13.7 Å². The zero-order valence-corrected chi connectivity index (χ0v) is 10.0. The summed E-state index contributed by atoms with van der Waals surface area (Å²) in [5, 5.41) is 3.97. The third kappa shape index (κ3) is 2.31. The second-order valence-corrected chi connectivity index (χ2v) is 3.82. The first-order chi connectivity index (χ1) is 8.26. The quantitative estimate of drug-likeness (QED) is 0.775. The molecule has 0 spiro atoms. The van der Waals surface area contributed by atoms with Crippen LogP contribution in [0, 0.1) is 0 Å². The van der Waals surface area contributed by atoms with Crippen molar-refractivity contribution in [2.24, 2.45) is 0 Å². The Morgan fingerprint density at radius 2 is 2.29 bits per heavy atom. The maximum Gasteiger partial charge on any atom is 0.178 e. The monoisotopic (exact) mass is 232 g/mol. The third-order valence-corrected chi connectivity index (χ3v) is 2.72. The van der Waals surface area contributed by atoms with Gasteiger partial charge in [0.1, 0.15) is 5.75 Å². The molecule has 0 aliphatic heterocycles. The summed E-state index contributed by atoms with van der Waals surface area (Å²) >= 11 is 0. The van der Waals surface area contributed by atoms with Crippen molar-refractivity contribution in [1.82, 2.24) is 10.3 Å². The van der Waals surface area contributed by atoms with Gasteiger partial charge in [-0.15, -0.1) is 0 Å². The molecule has 0 saturated heterocycles. The van der Waals surface area contributed by atoms with Crippen LogP contribution in [0.3, 0.4) is 0 Å². The lowest BCUT2D eigenvalue weighted by Gasteiger charge is -2.01.